The number of hydrogen-bond donors (Lipinski definition) is 3. The highest BCUT2D eigenvalue weighted by atomic mass is 32.1. The van der Waals surface area contributed by atoms with Gasteiger partial charge in [0, 0.05) is 22.6 Å². The number of halogens is 5. The van der Waals surface area contributed by atoms with Gasteiger partial charge in [-0.2, -0.15) is 23.1 Å². The van der Waals surface area contributed by atoms with Gasteiger partial charge in [0.1, 0.15) is 23.8 Å². The van der Waals surface area contributed by atoms with E-state index in [0.717, 1.165) is 68.3 Å². The molecule has 2 saturated heterocycles. The Hall–Kier alpha value is -3.36. The van der Waals surface area contributed by atoms with Crippen molar-refractivity contribution in [1.82, 2.24) is 19.9 Å². The molecule has 3 aliphatic rings. The van der Waals surface area contributed by atoms with Gasteiger partial charge in [0.15, 0.2) is 10.9 Å². The second kappa shape index (κ2) is 10.9. The van der Waals surface area contributed by atoms with Gasteiger partial charge in [-0.25, -0.2) is 13.8 Å². The maximum atomic E-state index is 16.7. The van der Waals surface area contributed by atoms with Gasteiger partial charge < -0.3 is 20.9 Å². The summed E-state index contributed by atoms with van der Waals surface area (Å²) < 4.78 is 81.3. The zero-order valence-electron chi connectivity index (χ0n) is 23.7. The molecule has 0 bridgehead atoms. The summed E-state index contributed by atoms with van der Waals surface area (Å²) in [5.74, 6) is -1.98. The molecule has 4 N–H and O–H groups in total. The van der Waals surface area contributed by atoms with Gasteiger partial charge in [0.25, 0.3) is 0 Å². The molecule has 1 unspecified atom stereocenters. The van der Waals surface area contributed by atoms with Crippen molar-refractivity contribution in [1.29, 1.82) is 0 Å². The van der Waals surface area contributed by atoms with Crippen LogP contribution in [0.4, 0.5) is 32.9 Å². The lowest BCUT2D eigenvalue weighted by atomic mass is 9.92. The molecule has 4 heterocycles. The fourth-order valence-electron chi connectivity index (χ4n) is 7.21. The Bertz CT molecular complexity index is 1740. The van der Waals surface area contributed by atoms with Crippen molar-refractivity contribution in [2.24, 2.45) is 0 Å². The summed E-state index contributed by atoms with van der Waals surface area (Å²) in [5.41, 5.74) is 2.73. The van der Waals surface area contributed by atoms with E-state index in [1.165, 1.54) is 0 Å². The second-order valence-electron chi connectivity index (χ2n) is 12.1. The van der Waals surface area contributed by atoms with Crippen LogP contribution in [0.5, 0.6) is 6.01 Å². The fourth-order valence-corrected chi connectivity index (χ4v) is 7.97. The highest BCUT2D eigenvalue weighted by Crippen LogP contribution is 2.46. The standard InChI is InChI=1S/C30H31F5N6O2S/c31-20-7-6-17(24-25(20)44-27(36)38-24)21-19(30(33,34)35)13-18-23(22(21)32)39-28(40-26(18)37-15-4-1-5-16(42)12-15)43-14-29-8-2-10-41(29)11-3-9-29/h6-7,13,15-16,42H,1-5,8-12,14H2,(H2,36,38)(H,37,39,40)/t15?,16-/m1/s1. The number of anilines is 2. The molecule has 0 amide bonds. The molecule has 2 aromatic heterocycles. The molecule has 3 fully saturated rings. The lowest BCUT2D eigenvalue weighted by Gasteiger charge is -2.31. The number of aromatic nitrogens is 3. The predicted octanol–water partition coefficient (Wildman–Crippen LogP) is 6.51. The number of rotatable bonds is 6. The van der Waals surface area contributed by atoms with E-state index in [4.69, 9.17) is 10.5 Å². The first-order valence-electron chi connectivity index (χ1n) is 14.8. The number of fused-ring (bicyclic) bond motifs is 3. The van der Waals surface area contributed by atoms with Gasteiger partial charge in [-0.05, 0) is 82.7 Å². The first-order chi connectivity index (χ1) is 21.0. The highest BCUT2D eigenvalue weighted by Gasteiger charge is 2.45. The summed E-state index contributed by atoms with van der Waals surface area (Å²) in [5, 5.41) is 13.2. The molecular weight excluding hydrogens is 603 g/mol. The number of nitrogens with one attached hydrogen (secondary N) is 1. The van der Waals surface area contributed by atoms with Crippen LogP contribution < -0.4 is 15.8 Å². The summed E-state index contributed by atoms with van der Waals surface area (Å²) in [7, 11) is 0. The summed E-state index contributed by atoms with van der Waals surface area (Å²) >= 11 is 0.768. The monoisotopic (exact) mass is 634 g/mol. The first kappa shape index (κ1) is 29.4. The topological polar surface area (TPSA) is 109 Å². The molecule has 7 rings (SSSR count). The maximum absolute atomic E-state index is 16.7. The third kappa shape index (κ3) is 5.10. The number of thiazole rings is 1. The van der Waals surface area contributed by atoms with Crippen LogP contribution in [0.1, 0.15) is 56.9 Å². The molecule has 0 radical (unpaired) electrons. The molecule has 1 aliphatic carbocycles. The largest absolute Gasteiger partial charge is 0.461 e. The number of nitrogens with zero attached hydrogens (tertiary/aromatic N) is 4. The predicted molar refractivity (Wildman–Crippen MR) is 158 cm³/mol. The Labute approximate surface area is 253 Å². The molecule has 234 valence electrons. The van der Waals surface area contributed by atoms with Gasteiger partial charge in [0.05, 0.1) is 27.4 Å². The lowest BCUT2D eigenvalue weighted by Crippen LogP contribution is -2.43. The van der Waals surface area contributed by atoms with Crippen LogP contribution in [0.25, 0.3) is 32.2 Å². The van der Waals surface area contributed by atoms with Gasteiger partial charge >= 0.3 is 12.2 Å². The van der Waals surface area contributed by atoms with Crippen molar-refractivity contribution in [3.63, 3.8) is 0 Å². The Morgan fingerprint density at radius 1 is 1.07 bits per heavy atom. The third-order valence-electron chi connectivity index (χ3n) is 9.27. The Morgan fingerprint density at radius 2 is 1.84 bits per heavy atom. The minimum Gasteiger partial charge on any atom is -0.461 e. The Morgan fingerprint density at radius 3 is 2.57 bits per heavy atom. The molecule has 2 aliphatic heterocycles. The van der Waals surface area contributed by atoms with Crippen molar-refractivity contribution in [2.75, 3.05) is 30.7 Å². The molecule has 2 atom stereocenters. The number of alkyl halides is 3. The van der Waals surface area contributed by atoms with Crippen LogP contribution in [-0.2, 0) is 6.18 Å². The number of benzene rings is 2. The summed E-state index contributed by atoms with van der Waals surface area (Å²) in [4.78, 5) is 15.2. The zero-order chi connectivity index (χ0) is 30.8. The highest BCUT2D eigenvalue weighted by molar-refractivity contribution is 7.22. The summed E-state index contributed by atoms with van der Waals surface area (Å²) in [6.07, 6.45) is 0.745. The smallest absolute Gasteiger partial charge is 0.417 e. The number of ether oxygens (including phenoxy) is 1. The molecule has 44 heavy (non-hydrogen) atoms. The average molecular weight is 635 g/mol. The number of aliphatic hydroxyl groups is 1. The maximum Gasteiger partial charge on any atom is 0.417 e. The first-order valence-corrected chi connectivity index (χ1v) is 15.6. The number of nitrogens with two attached hydrogens (primary N) is 1. The van der Waals surface area contributed by atoms with E-state index < -0.39 is 35.0 Å². The van der Waals surface area contributed by atoms with Gasteiger partial charge in [0.2, 0.25) is 0 Å². The zero-order valence-corrected chi connectivity index (χ0v) is 24.5. The molecule has 8 nitrogen and oxygen atoms in total. The van der Waals surface area contributed by atoms with Crippen molar-refractivity contribution in [3.8, 4) is 17.1 Å². The molecule has 4 aromatic rings. The van der Waals surface area contributed by atoms with Crippen LogP contribution >= 0.6 is 11.3 Å². The van der Waals surface area contributed by atoms with E-state index in [1.807, 2.05) is 0 Å². The van der Waals surface area contributed by atoms with E-state index >= 15 is 4.39 Å². The molecule has 14 heteroatoms. The van der Waals surface area contributed by atoms with Crippen molar-refractivity contribution in [3.05, 3.63) is 35.4 Å². The SMILES string of the molecule is Nc1nc2c(-c3c(C(F)(F)F)cc4c(NC5CCC[C@@H](O)C5)nc(OCC56CCCN5CCC6)nc4c3F)ccc(F)c2s1. The van der Waals surface area contributed by atoms with Crippen LogP contribution in [0.2, 0.25) is 0 Å². The van der Waals surface area contributed by atoms with E-state index in [9.17, 15) is 22.7 Å². The second-order valence-corrected chi connectivity index (χ2v) is 13.1. The van der Waals surface area contributed by atoms with Gasteiger partial charge in [-0.3, -0.25) is 4.90 Å². The minimum atomic E-state index is -4.99. The molecule has 0 spiro atoms. The molecule has 1 saturated carbocycles. The number of aliphatic hydroxyl groups excluding tert-OH is 1. The van der Waals surface area contributed by atoms with Crippen molar-refractivity contribution in [2.45, 2.75) is 75.2 Å². The van der Waals surface area contributed by atoms with Crippen LogP contribution in [-0.4, -0.2) is 62.3 Å². The number of nitrogen functional groups attached to an aromatic ring is 1. The number of hydrogen-bond acceptors (Lipinski definition) is 9. The quantitative estimate of drug-likeness (QED) is 0.206. The minimum absolute atomic E-state index is 0.00518. The van der Waals surface area contributed by atoms with E-state index in [0.29, 0.717) is 25.7 Å². The van der Waals surface area contributed by atoms with Gasteiger partial charge in [-0.1, -0.05) is 11.3 Å². The van der Waals surface area contributed by atoms with E-state index in [2.05, 4.69) is 25.2 Å². The molecular formula is C30H31F5N6O2S. The van der Waals surface area contributed by atoms with E-state index in [-0.39, 0.29) is 61.8 Å². The van der Waals surface area contributed by atoms with Crippen molar-refractivity contribution < 1.29 is 31.8 Å². The van der Waals surface area contributed by atoms with Gasteiger partial charge in [-0.15, -0.1) is 0 Å². The lowest BCUT2D eigenvalue weighted by molar-refractivity contribution is -0.137. The van der Waals surface area contributed by atoms with Crippen LogP contribution in [0.3, 0.4) is 0 Å². The third-order valence-corrected chi connectivity index (χ3v) is 10.2. The summed E-state index contributed by atoms with van der Waals surface area (Å²) in [6, 6.07) is 2.42. The normalized spacial score (nSPS) is 22.1. The van der Waals surface area contributed by atoms with E-state index in [1.54, 1.807) is 0 Å². The molecule has 2 aromatic carbocycles. The average Bonchev–Trinajstić information content (AvgIpc) is 3.67. The summed E-state index contributed by atoms with van der Waals surface area (Å²) in [6.45, 7) is 2.19. The van der Waals surface area contributed by atoms with Crippen LogP contribution in [0, 0.1) is 11.6 Å². The Kier molecular flexibility index (Phi) is 7.28. The Balaban J connectivity index is 1.40. The van der Waals surface area contributed by atoms with Crippen LogP contribution in [0.15, 0.2) is 18.2 Å². The van der Waals surface area contributed by atoms with Crippen molar-refractivity contribution >= 4 is 43.4 Å². The fraction of sp³-hybridized carbons (Fsp3) is 0.500.